The van der Waals surface area contributed by atoms with Crippen LogP contribution in [0.2, 0.25) is 0 Å². The number of carbonyl (C=O) groups is 3. The van der Waals surface area contributed by atoms with E-state index in [0.29, 0.717) is 41.9 Å². The Hall–Kier alpha value is -4.45. The van der Waals surface area contributed by atoms with Crippen LogP contribution < -0.4 is 10.6 Å². The van der Waals surface area contributed by atoms with Crippen LogP contribution in [-0.4, -0.2) is 32.7 Å². The molecule has 9 heteroatoms. The van der Waals surface area contributed by atoms with Gasteiger partial charge in [0.15, 0.2) is 5.69 Å². The third-order valence-electron chi connectivity index (χ3n) is 7.42. The number of carboxylic acid groups (broad SMARTS) is 1. The first kappa shape index (κ1) is 24.3. The molecule has 1 heterocycles. The summed E-state index contributed by atoms with van der Waals surface area (Å²) >= 11 is 0. The van der Waals surface area contributed by atoms with Crippen molar-refractivity contribution < 1.29 is 19.5 Å². The summed E-state index contributed by atoms with van der Waals surface area (Å²) in [4.78, 5) is 40.6. The minimum atomic E-state index is -0.864. The smallest absolute Gasteiger partial charge is 0.303 e. The van der Waals surface area contributed by atoms with Gasteiger partial charge in [-0.05, 0) is 67.0 Å². The van der Waals surface area contributed by atoms with E-state index in [9.17, 15) is 14.4 Å². The van der Waals surface area contributed by atoms with Gasteiger partial charge in [0, 0.05) is 42.2 Å². The third-order valence-corrected chi connectivity index (χ3v) is 7.42. The van der Waals surface area contributed by atoms with Crippen molar-refractivity contribution in [1.82, 2.24) is 9.78 Å². The second-order valence-electron chi connectivity index (χ2n) is 9.83. The molecule has 0 unspecified atom stereocenters. The number of rotatable bonds is 8. The first-order valence-corrected chi connectivity index (χ1v) is 12.3. The maximum absolute atomic E-state index is 13.4. The number of aromatic nitrogens is 2. The Morgan fingerprint density at radius 2 is 2.05 bits per heavy atom. The second kappa shape index (κ2) is 9.54. The molecule has 0 radical (unpaired) electrons. The number of hydrogen-bond acceptors (Lipinski definition) is 4. The van der Waals surface area contributed by atoms with Crippen LogP contribution in [0.4, 0.5) is 17.1 Å². The van der Waals surface area contributed by atoms with Crippen molar-refractivity contribution >= 4 is 34.8 Å². The van der Waals surface area contributed by atoms with E-state index in [1.165, 1.54) is 0 Å². The van der Waals surface area contributed by atoms with Gasteiger partial charge in [0.1, 0.15) is 0 Å². The zero-order chi connectivity index (χ0) is 26.2. The van der Waals surface area contributed by atoms with Crippen molar-refractivity contribution in [2.45, 2.75) is 43.9 Å². The lowest BCUT2D eigenvalue weighted by Crippen LogP contribution is -2.21. The van der Waals surface area contributed by atoms with Crippen LogP contribution in [-0.2, 0) is 34.9 Å². The molecule has 3 N–H and O–H groups in total. The molecule has 1 fully saturated rings. The monoisotopic (exact) mass is 497 g/mol. The molecule has 2 aromatic carbocycles. The summed E-state index contributed by atoms with van der Waals surface area (Å²) in [6, 6.07) is 10.8. The zero-order valence-corrected chi connectivity index (χ0v) is 20.5. The van der Waals surface area contributed by atoms with E-state index in [2.05, 4.69) is 20.6 Å². The standard InChI is InChI=1S/C28H27N5O4/c1-29-20-9-8-18(4-3-5-25(34)35)24(13-20)32-27(37)23-14-28(23)11-10-17-6-7-19(12-22(17)28)26(36)31-21-15-30-33(2)16-21/h6-9,12-13,15-16,23H,3-5,10-11,14H2,2H3,(H,31,36)(H,32,37)(H,34,35)/t23-,28-/m0/s1. The molecule has 2 aliphatic carbocycles. The fraction of sp³-hybridized carbons (Fsp3) is 0.321. The molecule has 0 saturated heterocycles. The van der Waals surface area contributed by atoms with Crippen LogP contribution in [0.5, 0.6) is 0 Å². The van der Waals surface area contributed by atoms with Gasteiger partial charge in [-0.25, -0.2) is 4.85 Å². The Bertz CT molecular complexity index is 1450. The lowest BCUT2D eigenvalue weighted by molar-refractivity contribution is -0.137. The molecular formula is C28H27N5O4. The number of aryl methyl sites for hydroxylation is 3. The second-order valence-corrected chi connectivity index (χ2v) is 9.83. The van der Waals surface area contributed by atoms with Crippen LogP contribution in [0.1, 0.15) is 52.7 Å². The van der Waals surface area contributed by atoms with Crippen molar-refractivity contribution in [3.05, 3.63) is 82.5 Å². The summed E-state index contributed by atoms with van der Waals surface area (Å²) in [5.74, 6) is -1.42. The number of carbonyl (C=O) groups excluding carboxylic acids is 2. The minimum absolute atomic E-state index is 0.0389. The van der Waals surface area contributed by atoms with Gasteiger partial charge in [-0.3, -0.25) is 19.1 Å². The number of anilines is 2. The van der Waals surface area contributed by atoms with Crippen LogP contribution in [0.3, 0.4) is 0 Å². The summed E-state index contributed by atoms with van der Waals surface area (Å²) < 4.78 is 1.62. The Kier molecular flexibility index (Phi) is 6.25. The minimum Gasteiger partial charge on any atom is -0.481 e. The predicted molar refractivity (Wildman–Crippen MR) is 138 cm³/mol. The van der Waals surface area contributed by atoms with Gasteiger partial charge in [-0.1, -0.05) is 18.2 Å². The normalized spacial score (nSPS) is 19.2. The molecule has 2 aliphatic rings. The van der Waals surface area contributed by atoms with Crippen LogP contribution in [0.15, 0.2) is 48.8 Å². The summed E-state index contributed by atoms with van der Waals surface area (Å²) in [7, 11) is 1.78. The molecule has 188 valence electrons. The number of hydrogen-bond donors (Lipinski definition) is 3. The summed E-state index contributed by atoms with van der Waals surface area (Å²) in [5, 5.41) is 18.9. The Morgan fingerprint density at radius 1 is 1.22 bits per heavy atom. The largest absolute Gasteiger partial charge is 0.481 e. The highest BCUT2D eigenvalue weighted by Gasteiger charge is 2.61. The SMILES string of the molecule is [C-]#[N+]c1ccc(CCCC(=O)O)c(NC(=O)[C@@H]2C[C@]23CCc2ccc(C(=O)Nc4cnn(C)c4)cc23)c1. The first-order valence-electron chi connectivity index (χ1n) is 12.3. The highest BCUT2D eigenvalue weighted by molar-refractivity contribution is 6.04. The van der Waals surface area contributed by atoms with Crippen LogP contribution >= 0.6 is 0 Å². The van der Waals surface area contributed by atoms with E-state index in [1.54, 1.807) is 42.3 Å². The Morgan fingerprint density at radius 3 is 2.78 bits per heavy atom. The quantitative estimate of drug-likeness (QED) is 0.397. The summed E-state index contributed by atoms with van der Waals surface area (Å²) in [6.45, 7) is 7.32. The molecule has 1 spiro atoms. The highest BCUT2D eigenvalue weighted by Crippen LogP contribution is 2.62. The molecule has 2 atom stereocenters. The van der Waals surface area contributed by atoms with Gasteiger partial charge in [-0.15, -0.1) is 0 Å². The van der Waals surface area contributed by atoms with E-state index < -0.39 is 5.97 Å². The Balaban J connectivity index is 1.32. The first-order chi connectivity index (χ1) is 17.8. The van der Waals surface area contributed by atoms with Crippen molar-refractivity contribution in [1.29, 1.82) is 0 Å². The number of benzene rings is 2. The summed E-state index contributed by atoms with van der Waals surface area (Å²) in [6.07, 6.45) is 6.71. The van der Waals surface area contributed by atoms with Crippen LogP contribution in [0, 0.1) is 12.5 Å². The van der Waals surface area contributed by atoms with Crippen molar-refractivity contribution in [3.63, 3.8) is 0 Å². The molecule has 9 nitrogen and oxygen atoms in total. The van der Waals surface area contributed by atoms with E-state index >= 15 is 0 Å². The lowest BCUT2D eigenvalue weighted by atomic mass is 9.93. The number of amides is 2. The highest BCUT2D eigenvalue weighted by atomic mass is 16.4. The van der Waals surface area contributed by atoms with Crippen molar-refractivity contribution in [2.24, 2.45) is 13.0 Å². The van der Waals surface area contributed by atoms with Gasteiger partial charge in [0.25, 0.3) is 5.91 Å². The molecule has 37 heavy (non-hydrogen) atoms. The predicted octanol–water partition coefficient (Wildman–Crippen LogP) is 4.47. The van der Waals surface area contributed by atoms with E-state index in [4.69, 9.17) is 11.7 Å². The van der Waals surface area contributed by atoms with Crippen molar-refractivity contribution in [2.75, 3.05) is 10.6 Å². The van der Waals surface area contributed by atoms with E-state index in [-0.39, 0.29) is 29.6 Å². The maximum atomic E-state index is 13.4. The summed E-state index contributed by atoms with van der Waals surface area (Å²) in [5.41, 5.74) is 4.89. The zero-order valence-electron chi connectivity index (χ0n) is 20.5. The topological polar surface area (TPSA) is 118 Å². The van der Waals surface area contributed by atoms with Gasteiger partial charge < -0.3 is 15.7 Å². The number of fused-ring (bicyclic) bond motifs is 2. The van der Waals surface area contributed by atoms with Crippen LogP contribution in [0.25, 0.3) is 4.85 Å². The molecular weight excluding hydrogens is 470 g/mol. The molecule has 0 aliphatic heterocycles. The number of nitrogens with one attached hydrogen (secondary N) is 2. The number of carboxylic acids is 1. The third kappa shape index (κ3) is 4.83. The van der Waals surface area contributed by atoms with Gasteiger partial charge >= 0.3 is 5.97 Å². The van der Waals surface area contributed by atoms with Gasteiger partial charge in [0.2, 0.25) is 5.91 Å². The average Bonchev–Trinajstić information content (AvgIpc) is 3.31. The molecule has 0 bridgehead atoms. The average molecular weight is 498 g/mol. The van der Waals surface area contributed by atoms with E-state index in [1.807, 2.05) is 18.2 Å². The van der Waals surface area contributed by atoms with Gasteiger partial charge in [0.05, 0.1) is 18.5 Å². The molecule has 1 aromatic heterocycles. The Labute approximate surface area is 214 Å². The maximum Gasteiger partial charge on any atom is 0.303 e. The molecule has 1 saturated carbocycles. The molecule has 3 aromatic rings. The van der Waals surface area contributed by atoms with Crippen molar-refractivity contribution in [3.8, 4) is 0 Å². The van der Waals surface area contributed by atoms with Gasteiger partial charge in [-0.2, -0.15) is 5.10 Å². The van der Waals surface area contributed by atoms with E-state index in [0.717, 1.165) is 29.5 Å². The molecule has 5 rings (SSSR count). The number of aliphatic carboxylic acids is 1. The number of nitrogens with zero attached hydrogens (tertiary/aromatic N) is 3. The fourth-order valence-corrected chi connectivity index (χ4v) is 5.42. The fourth-order valence-electron chi connectivity index (χ4n) is 5.42. The lowest BCUT2D eigenvalue weighted by Gasteiger charge is -2.15. The molecule has 2 amide bonds.